The van der Waals surface area contributed by atoms with Crippen LogP contribution in [0, 0.1) is 0 Å². The molecule has 1 amide bonds. The van der Waals surface area contributed by atoms with Gasteiger partial charge in [0.05, 0.1) is 5.69 Å². The van der Waals surface area contributed by atoms with Crippen LogP contribution in [0.25, 0.3) is 0 Å². The summed E-state index contributed by atoms with van der Waals surface area (Å²) < 4.78 is 1.20. The Morgan fingerprint density at radius 1 is 1.26 bits per heavy atom. The van der Waals surface area contributed by atoms with Gasteiger partial charge < -0.3 is 10.6 Å². The van der Waals surface area contributed by atoms with Gasteiger partial charge in [0, 0.05) is 42.1 Å². The van der Waals surface area contributed by atoms with Gasteiger partial charge in [-0.25, -0.2) is 9.78 Å². The van der Waals surface area contributed by atoms with E-state index in [0.29, 0.717) is 29.0 Å². The molecule has 162 valence electrons. The zero-order valence-electron chi connectivity index (χ0n) is 17.1. The van der Waals surface area contributed by atoms with Crippen LogP contribution in [-0.2, 0) is 29.9 Å². The Bertz CT molecular complexity index is 1180. The number of H-pyrrole nitrogens is 1. The summed E-state index contributed by atoms with van der Waals surface area (Å²) in [4.78, 5) is 43.0. The number of benzene rings is 1. The first-order chi connectivity index (χ1) is 15.0. The molecule has 1 aliphatic rings. The molecule has 0 fully saturated rings. The second-order valence-corrected chi connectivity index (χ2v) is 9.28. The Hall–Kier alpha value is -2.85. The Morgan fingerprint density at radius 2 is 2.10 bits per heavy atom. The fraction of sp³-hybridized carbons (Fsp3) is 0.333. The Balaban J connectivity index is 1.33. The summed E-state index contributed by atoms with van der Waals surface area (Å²) in [5.74, 6) is 1.47. The molecule has 4 rings (SSSR count). The number of nitrogens with one attached hydrogen (secondary N) is 3. The molecule has 0 aliphatic heterocycles. The molecular weight excluding hydrogens is 434 g/mol. The highest BCUT2D eigenvalue weighted by molar-refractivity contribution is 7.98. The number of aryl methyl sites for hydroxylation is 2. The molecule has 0 bridgehead atoms. The van der Waals surface area contributed by atoms with Crippen molar-refractivity contribution in [2.75, 3.05) is 16.4 Å². The van der Waals surface area contributed by atoms with Crippen molar-refractivity contribution in [2.45, 2.75) is 38.5 Å². The van der Waals surface area contributed by atoms with Crippen molar-refractivity contribution in [1.29, 1.82) is 0 Å². The molecule has 0 saturated heterocycles. The fourth-order valence-corrected chi connectivity index (χ4v) is 5.19. The van der Waals surface area contributed by atoms with Gasteiger partial charge in [-0.1, -0.05) is 6.07 Å². The number of anilines is 3. The zero-order valence-corrected chi connectivity index (χ0v) is 18.7. The summed E-state index contributed by atoms with van der Waals surface area (Å²) in [5, 5.41) is 8.25. The third kappa shape index (κ3) is 5.45. The maximum atomic E-state index is 12.5. The van der Waals surface area contributed by atoms with Crippen LogP contribution in [0.15, 0.2) is 39.2 Å². The number of amides is 1. The minimum Gasteiger partial charge on any atom is -0.342 e. The number of rotatable bonds is 8. The second-order valence-electron chi connectivity index (χ2n) is 7.32. The van der Waals surface area contributed by atoms with Gasteiger partial charge in [0.1, 0.15) is 5.82 Å². The predicted molar refractivity (Wildman–Crippen MR) is 126 cm³/mol. The highest BCUT2D eigenvalue weighted by atomic mass is 32.2. The molecule has 2 aromatic heterocycles. The van der Waals surface area contributed by atoms with Crippen molar-refractivity contribution in [3.8, 4) is 0 Å². The molecule has 3 aromatic rings. The molecule has 0 saturated carbocycles. The van der Waals surface area contributed by atoms with E-state index in [1.54, 1.807) is 11.8 Å². The predicted octanol–water partition coefficient (Wildman–Crippen LogP) is 3.12. The van der Waals surface area contributed by atoms with Crippen LogP contribution in [0.3, 0.4) is 0 Å². The Kier molecular flexibility index (Phi) is 6.57. The molecular formula is C21H23N5O3S2. The lowest BCUT2D eigenvalue weighted by atomic mass is 10.1. The van der Waals surface area contributed by atoms with Gasteiger partial charge in [-0.15, -0.1) is 11.3 Å². The number of aromatic amines is 1. The van der Waals surface area contributed by atoms with Gasteiger partial charge in [0.15, 0.2) is 5.13 Å². The fourth-order valence-electron chi connectivity index (χ4n) is 3.52. The lowest BCUT2D eigenvalue weighted by molar-refractivity contribution is -0.114. The molecule has 10 heteroatoms. The molecule has 2 heterocycles. The van der Waals surface area contributed by atoms with Crippen molar-refractivity contribution in [3.63, 3.8) is 0 Å². The summed E-state index contributed by atoms with van der Waals surface area (Å²) in [7, 11) is 0. The number of fused-ring (bicyclic) bond motifs is 1. The van der Waals surface area contributed by atoms with Crippen molar-refractivity contribution >= 4 is 45.6 Å². The van der Waals surface area contributed by atoms with E-state index < -0.39 is 5.69 Å². The number of carbonyl (C=O) groups is 1. The van der Waals surface area contributed by atoms with E-state index >= 15 is 0 Å². The summed E-state index contributed by atoms with van der Waals surface area (Å²) in [6.45, 7) is 1.75. The number of aromatic nitrogens is 3. The van der Waals surface area contributed by atoms with Gasteiger partial charge in [0.25, 0.3) is 5.56 Å². The Labute approximate surface area is 187 Å². The number of thiazole rings is 1. The lowest BCUT2D eigenvalue weighted by Crippen LogP contribution is -2.35. The largest absolute Gasteiger partial charge is 0.342 e. The second kappa shape index (κ2) is 9.52. The van der Waals surface area contributed by atoms with Gasteiger partial charge in [-0.3, -0.25) is 19.1 Å². The average molecular weight is 458 g/mol. The molecule has 0 unspecified atom stereocenters. The normalized spacial score (nSPS) is 12.5. The molecule has 8 nitrogen and oxygen atoms in total. The topological polar surface area (TPSA) is 109 Å². The molecule has 3 N–H and O–H groups in total. The van der Waals surface area contributed by atoms with Gasteiger partial charge in [-0.05, 0) is 42.5 Å². The van der Waals surface area contributed by atoms with Crippen LogP contribution in [0.1, 0.15) is 30.2 Å². The zero-order chi connectivity index (χ0) is 21.8. The highest BCUT2D eigenvalue weighted by Gasteiger charge is 2.12. The van der Waals surface area contributed by atoms with Crippen LogP contribution in [0.5, 0.6) is 0 Å². The van der Waals surface area contributed by atoms with Gasteiger partial charge in [-0.2, -0.15) is 11.8 Å². The van der Waals surface area contributed by atoms with Gasteiger partial charge in [0.2, 0.25) is 5.91 Å². The Morgan fingerprint density at radius 3 is 2.90 bits per heavy atom. The summed E-state index contributed by atoms with van der Waals surface area (Å²) in [6, 6.07) is 7.57. The van der Waals surface area contributed by atoms with E-state index in [0.717, 1.165) is 24.2 Å². The molecule has 0 radical (unpaired) electrons. The van der Waals surface area contributed by atoms with E-state index in [4.69, 9.17) is 0 Å². The average Bonchev–Trinajstić information content (AvgIpc) is 3.35. The van der Waals surface area contributed by atoms with E-state index in [2.05, 4.69) is 32.7 Å². The molecule has 31 heavy (non-hydrogen) atoms. The lowest BCUT2D eigenvalue weighted by Gasteiger charge is -2.10. The number of nitrogens with zero attached hydrogens (tertiary/aromatic N) is 2. The van der Waals surface area contributed by atoms with Crippen LogP contribution in [0.2, 0.25) is 0 Å². The van der Waals surface area contributed by atoms with E-state index in [1.165, 1.54) is 46.4 Å². The smallest absolute Gasteiger partial charge is 0.329 e. The maximum absolute atomic E-state index is 12.5. The monoisotopic (exact) mass is 457 g/mol. The van der Waals surface area contributed by atoms with Crippen LogP contribution < -0.4 is 21.9 Å². The summed E-state index contributed by atoms with van der Waals surface area (Å²) >= 11 is 2.94. The first-order valence-corrected chi connectivity index (χ1v) is 12.0. The number of hydrogen-bond acceptors (Lipinski definition) is 7. The minimum atomic E-state index is -0.432. The van der Waals surface area contributed by atoms with Crippen molar-refractivity contribution in [1.82, 2.24) is 14.5 Å². The van der Waals surface area contributed by atoms with Crippen molar-refractivity contribution in [3.05, 3.63) is 67.3 Å². The minimum absolute atomic E-state index is 0.152. The number of hydrogen-bond donors (Lipinski definition) is 3. The molecule has 1 aliphatic carbocycles. The summed E-state index contributed by atoms with van der Waals surface area (Å²) in [5.41, 5.74) is 3.64. The summed E-state index contributed by atoms with van der Waals surface area (Å²) in [6.07, 6.45) is 3.35. The van der Waals surface area contributed by atoms with Crippen LogP contribution in [-0.4, -0.2) is 26.2 Å². The quantitative estimate of drug-likeness (QED) is 0.449. The van der Waals surface area contributed by atoms with E-state index in [-0.39, 0.29) is 11.5 Å². The van der Waals surface area contributed by atoms with E-state index in [9.17, 15) is 14.4 Å². The van der Waals surface area contributed by atoms with Crippen LogP contribution in [0.4, 0.5) is 16.6 Å². The SMILES string of the molecule is CC(=O)Nc1nc(CSCCn2c(=O)cc(Nc3ccc4c(c3)CCC4)[nH]c2=O)cs1. The molecule has 1 aromatic carbocycles. The number of thioether (sulfide) groups is 1. The highest BCUT2D eigenvalue weighted by Crippen LogP contribution is 2.26. The maximum Gasteiger partial charge on any atom is 0.329 e. The third-order valence-corrected chi connectivity index (χ3v) is 6.72. The van der Waals surface area contributed by atoms with Crippen LogP contribution >= 0.6 is 23.1 Å². The first-order valence-electron chi connectivity index (χ1n) is 10.0. The number of carbonyl (C=O) groups excluding carboxylic acids is 1. The van der Waals surface area contributed by atoms with Crippen molar-refractivity contribution in [2.24, 2.45) is 0 Å². The molecule has 0 spiro atoms. The first kappa shape index (κ1) is 21.4. The molecule has 0 atom stereocenters. The van der Waals surface area contributed by atoms with E-state index in [1.807, 2.05) is 11.4 Å². The van der Waals surface area contributed by atoms with Gasteiger partial charge >= 0.3 is 5.69 Å². The standard InChI is InChI=1S/C21H23N5O3S2/c1-13(27)22-20-24-17(12-31-20)11-30-8-7-26-19(28)10-18(25-21(26)29)23-16-6-5-14-3-2-4-15(14)9-16/h5-6,9-10,12,23H,2-4,7-8,11H2,1H3,(H,25,29)(H,22,24,27). The van der Waals surface area contributed by atoms with Crippen molar-refractivity contribution < 1.29 is 4.79 Å². The third-order valence-electron chi connectivity index (χ3n) is 4.94.